The molecule has 0 aliphatic heterocycles. The van der Waals surface area contributed by atoms with Gasteiger partial charge in [0, 0.05) is 12.6 Å². The molecule has 0 spiro atoms. The van der Waals surface area contributed by atoms with Crippen molar-refractivity contribution in [2.75, 3.05) is 13.6 Å². The SMILES string of the molecule is Cc1ccccc1C(=O)N(C)CC(=O)O. The van der Waals surface area contributed by atoms with Gasteiger partial charge in [-0.1, -0.05) is 18.2 Å². The first-order valence-corrected chi connectivity index (χ1v) is 4.55. The lowest BCUT2D eigenvalue weighted by Gasteiger charge is -2.15. The Morgan fingerprint density at radius 2 is 1.93 bits per heavy atom. The second-order valence-electron chi connectivity index (χ2n) is 3.37. The summed E-state index contributed by atoms with van der Waals surface area (Å²) < 4.78 is 0. The van der Waals surface area contributed by atoms with Gasteiger partial charge in [0.1, 0.15) is 6.54 Å². The number of carboxylic acid groups (broad SMARTS) is 1. The molecule has 4 heteroatoms. The van der Waals surface area contributed by atoms with Crippen LogP contribution in [-0.2, 0) is 4.79 Å². The fraction of sp³-hybridized carbons (Fsp3) is 0.273. The maximum Gasteiger partial charge on any atom is 0.323 e. The van der Waals surface area contributed by atoms with Crippen LogP contribution in [0.2, 0.25) is 0 Å². The van der Waals surface area contributed by atoms with Crippen molar-refractivity contribution in [1.82, 2.24) is 4.90 Å². The summed E-state index contributed by atoms with van der Waals surface area (Å²) in [6.45, 7) is 1.54. The average Bonchev–Trinajstić information content (AvgIpc) is 2.16. The van der Waals surface area contributed by atoms with E-state index in [1.807, 2.05) is 19.1 Å². The molecule has 1 N–H and O–H groups in total. The Hall–Kier alpha value is -1.84. The molecule has 1 aromatic rings. The summed E-state index contributed by atoms with van der Waals surface area (Å²) in [4.78, 5) is 23.4. The third-order valence-corrected chi connectivity index (χ3v) is 2.09. The van der Waals surface area contributed by atoms with Gasteiger partial charge in [-0.3, -0.25) is 9.59 Å². The van der Waals surface area contributed by atoms with E-state index in [-0.39, 0.29) is 12.5 Å². The lowest BCUT2D eigenvalue weighted by molar-refractivity contribution is -0.137. The van der Waals surface area contributed by atoms with Gasteiger partial charge < -0.3 is 10.0 Å². The molecule has 0 radical (unpaired) electrons. The summed E-state index contributed by atoms with van der Waals surface area (Å²) in [5, 5.41) is 8.56. The lowest BCUT2D eigenvalue weighted by Crippen LogP contribution is -2.32. The molecule has 80 valence electrons. The Bertz CT molecular complexity index is 387. The minimum atomic E-state index is -1.01. The number of amides is 1. The molecule has 1 aromatic carbocycles. The van der Waals surface area contributed by atoms with Gasteiger partial charge in [0.25, 0.3) is 5.91 Å². The summed E-state index contributed by atoms with van der Waals surface area (Å²) in [6.07, 6.45) is 0. The first kappa shape index (κ1) is 11.2. The topological polar surface area (TPSA) is 57.6 Å². The second kappa shape index (κ2) is 4.59. The van der Waals surface area contributed by atoms with E-state index in [2.05, 4.69) is 0 Å². The maximum absolute atomic E-state index is 11.8. The molecule has 0 aliphatic carbocycles. The van der Waals surface area contributed by atoms with Crippen molar-refractivity contribution in [3.8, 4) is 0 Å². The Morgan fingerprint density at radius 3 is 2.47 bits per heavy atom. The van der Waals surface area contributed by atoms with Crippen molar-refractivity contribution in [3.05, 3.63) is 35.4 Å². The Morgan fingerprint density at radius 1 is 1.33 bits per heavy atom. The van der Waals surface area contributed by atoms with E-state index in [0.717, 1.165) is 5.56 Å². The number of nitrogens with zero attached hydrogens (tertiary/aromatic N) is 1. The fourth-order valence-electron chi connectivity index (χ4n) is 1.29. The van der Waals surface area contributed by atoms with Crippen molar-refractivity contribution in [2.45, 2.75) is 6.92 Å². The Balaban J connectivity index is 2.85. The molecule has 4 nitrogen and oxygen atoms in total. The highest BCUT2D eigenvalue weighted by Gasteiger charge is 2.15. The Kier molecular flexibility index (Phi) is 3.44. The third-order valence-electron chi connectivity index (χ3n) is 2.09. The smallest absolute Gasteiger partial charge is 0.323 e. The zero-order valence-electron chi connectivity index (χ0n) is 8.73. The molecule has 0 fully saturated rings. The molecule has 0 heterocycles. The number of carbonyl (C=O) groups is 2. The number of carbonyl (C=O) groups excluding carboxylic acids is 1. The molecule has 1 amide bonds. The van der Waals surface area contributed by atoms with Gasteiger partial charge in [0.05, 0.1) is 0 Å². The summed E-state index contributed by atoms with van der Waals surface area (Å²) in [5.74, 6) is -1.28. The van der Waals surface area contributed by atoms with E-state index < -0.39 is 5.97 Å². The van der Waals surface area contributed by atoms with E-state index in [1.54, 1.807) is 12.1 Å². The van der Waals surface area contributed by atoms with Crippen molar-refractivity contribution in [1.29, 1.82) is 0 Å². The van der Waals surface area contributed by atoms with Crippen LogP contribution in [0.15, 0.2) is 24.3 Å². The predicted octanol–water partition coefficient (Wildman–Crippen LogP) is 1.15. The van der Waals surface area contributed by atoms with Crippen molar-refractivity contribution in [3.63, 3.8) is 0 Å². The van der Waals surface area contributed by atoms with Crippen LogP contribution >= 0.6 is 0 Å². The van der Waals surface area contributed by atoms with E-state index in [4.69, 9.17) is 5.11 Å². The molecule has 0 saturated heterocycles. The van der Waals surface area contributed by atoms with E-state index in [9.17, 15) is 9.59 Å². The van der Waals surface area contributed by atoms with Crippen molar-refractivity contribution < 1.29 is 14.7 Å². The van der Waals surface area contributed by atoms with Crippen LogP contribution in [0.5, 0.6) is 0 Å². The van der Waals surface area contributed by atoms with Crippen LogP contribution < -0.4 is 0 Å². The van der Waals surface area contributed by atoms with Crippen LogP contribution in [0, 0.1) is 6.92 Å². The summed E-state index contributed by atoms with van der Waals surface area (Å²) >= 11 is 0. The monoisotopic (exact) mass is 207 g/mol. The van der Waals surface area contributed by atoms with Gasteiger partial charge in [-0.2, -0.15) is 0 Å². The molecule has 15 heavy (non-hydrogen) atoms. The minimum Gasteiger partial charge on any atom is -0.480 e. The molecule has 0 unspecified atom stereocenters. The molecule has 0 saturated carbocycles. The molecule has 0 aliphatic rings. The predicted molar refractivity (Wildman–Crippen MR) is 55.8 cm³/mol. The van der Waals surface area contributed by atoms with Gasteiger partial charge >= 0.3 is 5.97 Å². The number of carboxylic acids is 1. The van der Waals surface area contributed by atoms with Crippen molar-refractivity contribution in [2.24, 2.45) is 0 Å². The minimum absolute atomic E-state index is 0.268. The second-order valence-corrected chi connectivity index (χ2v) is 3.37. The quantitative estimate of drug-likeness (QED) is 0.808. The molecule has 1 rings (SSSR count). The van der Waals surface area contributed by atoms with Crippen LogP contribution in [0.3, 0.4) is 0 Å². The van der Waals surface area contributed by atoms with Crippen LogP contribution in [0.4, 0.5) is 0 Å². The summed E-state index contributed by atoms with van der Waals surface area (Å²) in [5.41, 5.74) is 1.39. The normalized spacial score (nSPS) is 9.73. The van der Waals surface area contributed by atoms with Gasteiger partial charge in [0.15, 0.2) is 0 Å². The highest BCUT2D eigenvalue weighted by atomic mass is 16.4. The number of hydrogen-bond acceptors (Lipinski definition) is 2. The zero-order chi connectivity index (χ0) is 11.4. The van der Waals surface area contributed by atoms with Gasteiger partial charge in [-0.05, 0) is 18.6 Å². The first-order chi connectivity index (χ1) is 7.02. The third kappa shape index (κ3) is 2.80. The standard InChI is InChI=1S/C11H13NO3/c1-8-5-3-4-6-9(8)11(15)12(2)7-10(13)14/h3-6H,7H2,1-2H3,(H,13,14). The number of benzene rings is 1. The van der Waals surface area contributed by atoms with Gasteiger partial charge in [-0.15, -0.1) is 0 Å². The Labute approximate surface area is 88.1 Å². The summed E-state index contributed by atoms with van der Waals surface area (Å²) in [6, 6.07) is 7.11. The first-order valence-electron chi connectivity index (χ1n) is 4.55. The van der Waals surface area contributed by atoms with Crippen LogP contribution in [-0.4, -0.2) is 35.5 Å². The van der Waals surface area contributed by atoms with Crippen molar-refractivity contribution >= 4 is 11.9 Å². The lowest BCUT2D eigenvalue weighted by atomic mass is 10.1. The van der Waals surface area contributed by atoms with E-state index in [1.165, 1.54) is 11.9 Å². The van der Waals surface area contributed by atoms with Crippen LogP contribution in [0.1, 0.15) is 15.9 Å². The average molecular weight is 207 g/mol. The molecule has 0 aromatic heterocycles. The van der Waals surface area contributed by atoms with Gasteiger partial charge in [-0.25, -0.2) is 0 Å². The highest BCUT2D eigenvalue weighted by molar-refractivity contribution is 5.96. The number of likely N-dealkylation sites (N-methyl/N-ethyl adjacent to an activating group) is 1. The number of aliphatic carboxylic acids is 1. The molecular weight excluding hydrogens is 194 g/mol. The maximum atomic E-state index is 11.8. The van der Waals surface area contributed by atoms with Gasteiger partial charge in [0.2, 0.25) is 0 Å². The largest absolute Gasteiger partial charge is 0.480 e. The number of hydrogen-bond donors (Lipinski definition) is 1. The highest BCUT2D eigenvalue weighted by Crippen LogP contribution is 2.09. The molecule has 0 atom stereocenters. The van der Waals surface area contributed by atoms with E-state index in [0.29, 0.717) is 5.56 Å². The van der Waals surface area contributed by atoms with E-state index >= 15 is 0 Å². The number of aryl methyl sites for hydroxylation is 1. The van der Waals surface area contributed by atoms with Crippen LogP contribution in [0.25, 0.3) is 0 Å². The summed E-state index contributed by atoms with van der Waals surface area (Å²) in [7, 11) is 1.48. The number of rotatable bonds is 3. The zero-order valence-corrected chi connectivity index (χ0v) is 8.73. The molecule has 0 bridgehead atoms. The molecular formula is C11H13NO3. The fourth-order valence-corrected chi connectivity index (χ4v) is 1.29.